The fraction of sp³-hybridized carbons (Fsp3) is 0.605. The van der Waals surface area contributed by atoms with E-state index in [1.54, 1.807) is 7.11 Å². The minimum Gasteiger partial charge on any atom is -0.496 e. The Bertz CT molecular complexity index is 1520. The molecule has 1 aromatic carbocycles. The van der Waals surface area contributed by atoms with Crippen molar-refractivity contribution in [3.8, 4) is 16.9 Å². The molecule has 4 aliphatic rings. The van der Waals surface area contributed by atoms with Crippen molar-refractivity contribution in [2.75, 3.05) is 18.6 Å². The van der Waals surface area contributed by atoms with Crippen molar-refractivity contribution >= 4 is 11.6 Å². The van der Waals surface area contributed by atoms with Crippen molar-refractivity contribution in [2.24, 2.45) is 17.8 Å². The van der Waals surface area contributed by atoms with Crippen LogP contribution in [-0.4, -0.2) is 45.5 Å². The highest BCUT2D eigenvalue weighted by Gasteiger charge is 2.45. The molecule has 0 spiro atoms. The number of aliphatic hydroxyl groups excluding tert-OH is 1. The van der Waals surface area contributed by atoms with Crippen LogP contribution in [0, 0.1) is 24.7 Å². The largest absolute Gasteiger partial charge is 0.496 e. The molecule has 45 heavy (non-hydrogen) atoms. The Kier molecular flexibility index (Phi) is 8.26. The maximum absolute atomic E-state index is 14.4. The number of aryl methyl sites for hydroxylation is 1. The molecule has 7 heteroatoms. The average molecular weight is 611 g/mol. The van der Waals surface area contributed by atoms with Crippen molar-refractivity contribution in [1.82, 2.24) is 14.8 Å². The minimum absolute atomic E-state index is 0.0466. The van der Waals surface area contributed by atoms with Crippen LogP contribution in [0.4, 0.5) is 5.69 Å². The summed E-state index contributed by atoms with van der Waals surface area (Å²) in [6.07, 6.45) is 21.3. The van der Waals surface area contributed by atoms with Gasteiger partial charge in [-0.1, -0.05) is 25.0 Å². The lowest BCUT2D eigenvalue weighted by atomic mass is 9.56. The molecule has 240 valence electrons. The summed E-state index contributed by atoms with van der Waals surface area (Å²) in [5.74, 6) is 2.17. The van der Waals surface area contributed by atoms with Gasteiger partial charge in [-0.2, -0.15) is 5.10 Å². The lowest BCUT2D eigenvalue weighted by Crippen LogP contribution is -2.47. The first-order valence-corrected chi connectivity index (χ1v) is 17.4. The Hall–Kier alpha value is -3.19. The van der Waals surface area contributed by atoms with Gasteiger partial charge in [0.05, 0.1) is 36.8 Å². The summed E-state index contributed by atoms with van der Waals surface area (Å²) >= 11 is 0. The number of methoxy groups -OCH3 is 1. The maximum Gasteiger partial charge on any atom is 0.230 e. The number of fused-ring (bicyclic) bond motifs is 2. The fourth-order valence-electron chi connectivity index (χ4n) is 9.11. The standard InChI is InChI=1S/C38H50N4O3/c1-26-18-32(9-12-35(26)45-3)38-16-4-6-28(20-38)29(13-17-38)24-41(36(44)27-7-10-34(43)11-8-27)33-19-30(21-39-23-33)31-22-40-42(25-31)37(2)14-5-15-37/h9,12,18-19,21-23,25,27-29,34,43H,4-8,10-11,13-17,20,24H2,1-3H3. The summed E-state index contributed by atoms with van der Waals surface area (Å²) in [6, 6.07) is 8.96. The zero-order valence-corrected chi connectivity index (χ0v) is 27.4. The number of amides is 1. The molecule has 4 saturated carbocycles. The van der Waals surface area contributed by atoms with E-state index in [0.29, 0.717) is 24.7 Å². The summed E-state index contributed by atoms with van der Waals surface area (Å²) in [5, 5.41) is 14.9. The number of aromatic nitrogens is 3. The molecule has 0 saturated heterocycles. The van der Waals surface area contributed by atoms with E-state index in [1.165, 1.54) is 43.2 Å². The molecule has 4 aliphatic carbocycles. The molecule has 1 amide bonds. The Labute approximate surface area is 268 Å². The summed E-state index contributed by atoms with van der Waals surface area (Å²) in [4.78, 5) is 21.1. The lowest BCUT2D eigenvalue weighted by molar-refractivity contribution is -0.124. The Morgan fingerprint density at radius 2 is 1.82 bits per heavy atom. The van der Waals surface area contributed by atoms with Gasteiger partial charge in [0, 0.05) is 36.0 Å². The van der Waals surface area contributed by atoms with E-state index >= 15 is 0 Å². The molecule has 1 N–H and O–H groups in total. The number of nitrogens with zero attached hydrogens (tertiary/aromatic N) is 4. The zero-order valence-electron chi connectivity index (χ0n) is 27.4. The molecule has 0 aliphatic heterocycles. The maximum atomic E-state index is 14.4. The van der Waals surface area contributed by atoms with Crippen LogP contribution in [-0.2, 0) is 15.7 Å². The number of ether oxygens (including phenoxy) is 1. The van der Waals surface area contributed by atoms with Crippen molar-refractivity contribution in [3.05, 3.63) is 60.2 Å². The van der Waals surface area contributed by atoms with Crippen molar-refractivity contribution in [3.63, 3.8) is 0 Å². The van der Waals surface area contributed by atoms with E-state index in [9.17, 15) is 9.90 Å². The first-order chi connectivity index (χ1) is 21.8. The third kappa shape index (κ3) is 5.82. The molecule has 2 heterocycles. The molecular formula is C38H50N4O3. The van der Waals surface area contributed by atoms with Crippen molar-refractivity contribution in [1.29, 1.82) is 0 Å². The molecular weight excluding hydrogens is 560 g/mol. The molecule has 4 fully saturated rings. The van der Waals surface area contributed by atoms with Gasteiger partial charge in [-0.3, -0.25) is 14.5 Å². The molecule has 0 radical (unpaired) electrons. The monoisotopic (exact) mass is 610 g/mol. The highest BCUT2D eigenvalue weighted by molar-refractivity contribution is 5.95. The lowest BCUT2D eigenvalue weighted by Gasteiger charge is -2.50. The zero-order chi connectivity index (χ0) is 31.2. The highest BCUT2D eigenvalue weighted by Crippen LogP contribution is 2.53. The molecule has 2 bridgehead atoms. The summed E-state index contributed by atoms with van der Waals surface area (Å²) in [5.41, 5.74) is 5.96. The van der Waals surface area contributed by atoms with Gasteiger partial charge in [0.25, 0.3) is 0 Å². The van der Waals surface area contributed by atoms with Crippen molar-refractivity contribution in [2.45, 2.75) is 114 Å². The number of carbonyl (C=O) groups excluding carboxylic acids is 1. The number of carbonyl (C=O) groups is 1. The number of benzene rings is 1. The molecule has 3 aromatic rings. The number of aliphatic hydroxyl groups is 1. The van der Waals surface area contributed by atoms with E-state index in [0.717, 1.165) is 67.6 Å². The second kappa shape index (κ2) is 12.2. The van der Waals surface area contributed by atoms with Gasteiger partial charge >= 0.3 is 0 Å². The van der Waals surface area contributed by atoms with Crippen molar-refractivity contribution < 1.29 is 14.6 Å². The predicted molar refractivity (Wildman–Crippen MR) is 177 cm³/mol. The number of hydrogen-bond acceptors (Lipinski definition) is 5. The topological polar surface area (TPSA) is 80.5 Å². The highest BCUT2D eigenvalue weighted by atomic mass is 16.5. The molecule has 7 nitrogen and oxygen atoms in total. The Morgan fingerprint density at radius 3 is 2.56 bits per heavy atom. The summed E-state index contributed by atoms with van der Waals surface area (Å²) < 4.78 is 7.69. The molecule has 2 aromatic heterocycles. The smallest absolute Gasteiger partial charge is 0.230 e. The van der Waals surface area contributed by atoms with Crippen LogP contribution < -0.4 is 9.64 Å². The number of anilines is 1. The first kappa shape index (κ1) is 30.5. The number of hydrogen-bond donors (Lipinski definition) is 1. The molecule has 3 atom stereocenters. The number of rotatable bonds is 8. The van der Waals surface area contributed by atoms with Crippen LogP contribution in [0.2, 0.25) is 0 Å². The normalized spacial score (nSPS) is 29.1. The van der Waals surface area contributed by atoms with Crippen LogP contribution in [0.3, 0.4) is 0 Å². The first-order valence-electron chi connectivity index (χ1n) is 17.4. The minimum atomic E-state index is -0.281. The second-order valence-corrected chi connectivity index (χ2v) is 15.0. The third-order valence-electron chi connectivity index (χ3n) is 12.2. The number of pyridine rings is 1. The van der Waals surface area contributed by atoms with E-state index in [2.05, 4.69) is 58.9 Å². The van der Waals surface area contributed by atoms with Crippen LogP contribution in [0.25, 0.3) is 11.1 Å². The van der Waals surface area contributed by atoms with E-state index in [-0.39, 0.29) is 28.9 Å². The Balaban J connectivity index is 1.15. The Morgan fingerprint density at radius 1 is 1.00 bits per heavy atom. The van der Waals surface area contributed by atoms with Crippen LogP contribution in [0.1, 0.15) is 102 Å². The summed E-state index contributed by atoms with van der Waals surface area (Å²) in [6.45, 7) is 5.17. The van der Waals surface area contributed by atoms with E-state index in [1.807, 2.05) is 18.6 Å². The van der Waals surface area contributed by atoms with E-state index < -0.39 is 0 Å². The van der Waals surface area contributed by atoms with Gasteiger partial charge in [0.15, 0.2) is 0 Å². The SMILES string of the molecule is COc1ccc(C23CCCC(C2)C(CN(C(=O)C2CCC(O)CC2)c2cncc(-c4cnn(C5(C)CCC5)c4)c2)CC3)cc1C. The second-order valence-electron chi connectivity index (χ2n) is 15.0. The van der Waals surface area contributed by atoms with Gasteiger partial charge in [-0.05, 0) is 125 Å². The van der Waals surface area contributed by atoms with Crippen LogP contribution in [0.15, 0.2) is 49.1 Å². The van der Waals surface area contributed by atoms with Crippen LogP contribution >= 0.6 is 0 Å². The predicted octanol–water partition coefficient (Wildman–Crippen LogP) is 7.58. The third-order valence-corrected chi connectivity index (χ3v) is 12.2. The average Bonchev–Trinajstić information content (AvgIpc) is 3.55. The van der Waals surface area contributed by atoms with Gasteiger partial charge in [0.2, 0.25) is 5.91 Å². The van der Waals surface area contributed by atoms with Gasteiger partial charge in [0.1, 0.15) is 5.75 Å². The fourth-order valence-corrected chi connectivity index (χ4v) is 9.11. The molecule has 7 rings (SSSR count). The molecule has 3 unspecified atom stereocenters. The van der Waals surface area contributed by atoms with Gasteiger partial charge in [-0.25, -0.2) is 0 Å². The van der Waals surface area contributed by atoms with E-state index in [4.69, 9.17) is 9.84 Å². The quantitative estimate of drug-likeness (QED) is 0.284. The van der Waals surface area contributed by atoms with Crippen LogP contribution in [0.5, 0.6) is 5.75 Å². The van der Waals surface area contributed by atoms with Gasteiger partial charge in [-0.15, -0.1) is 0 Å². The summed E-state index contributed by atoms with van der Waals surface area (Å²) in [7, 11) is 1.75. The van der Waals surface area contributed by atoms with Gasteiger partial charge < -0.3 is 14.7 Å².